The van der Waals surface area contributed by atoms with Gasteiger partial charge in [0.25, 0.3) is 0 Å². The minimum atomic E-state index is -3.59. The molecule has 7 heteroatoms. The Morgan fingerprint density at radius 3 is 2.67 bits per heavy atom. The van der Waals surface area contributed by atoms with Gasteiger partial charge in [-0.3, -0.25) is 0 Å². The highest BCUT2D eigenvalue weighted by Crippen LogP contribution is 2.18. The number of hydrogen-bond acceptors (Lipinski definition) is 5. The highest BCUT2D eigenvalue weighted by molar-refractivity contribution is 7.89. The first-order valence-electron chi connectivity index (χ1n) is 8.09. The van der Waals surface area contributed by atoms with Crippen molar-refractivity contribution in [2.24, 2.45) is 0 Å². The summed E-state index contributed by atoms with van der Waals surface area (Å²) in [7, 11) is -3.59. The van der Waals surface area contributed by atoms with Crippen LogP contribution in [0.15, 0.2) is 35.4 Å². The van der Waals surface area contributed by atoms with Crippen LogP contribution in [0, 0.1) is 13.8 Å². The zero-order valence-corrected chi connectivity index (χ0v) is 14.8. The van der Waals surface area contributed by atoms with Crippen LogP contribution in [0.25, 0.3) is 0 Å². The van der Waals surface area contributed by atoms with Crippen LogP contribution >= 0.6 is 0 Å². The van der Waals surface area contributed by atoms with Crippen LogP contribution in [-0.4, -0.2) is 31.5 Å². The number of hydrogen-bond donors (Lipinski definition) is 1. The largest absolute Gasteiger partial charge is 0.357 e. The molecule has 0 spiro atoms. The highest BCUT2D eigenvalue weighted by Gasteiger charge is 2.18. The Morgan fingerprint density at radius 2 is 1.92 bits per heavy atom. The van der Waals surface area contributed by atoms with Crippen LogP contribution in [0.4, 0.5) is 5.82 Å². The Balaban J connectivity index is 1.75. The minimum Gasteiger partial charge on any atom is -0.357 e. The number of nitrogens with one attached hydrogen (secondary N) is 1. The van der Waals surface area contributed by atoms with Crippen molar-refractivity contribution in [3.63, 3.8) is 0 Å². The molecule has 2 aromatic rings. The zero-order chi connectivity index (χ0) is 17.2. The molecule has 1 saturated heterocycles. The summed E-state index contributed by atoms with van der Waals surface area (Å²) in [6.45, 7) is 5.73. The second-order valence-electron chi connectivity index (χ2n) is 6.12. The molecular weight excluding hydrogens is 324 g/mol. The Hall–Kier alpha value is -1.99. The molecule has 3 rings (SSSR count). The first kappa shape index (κ1) is 16.9. The van der Waals surface area contributed by atoms with Gasteiger partial charge in [0.05, 0.1) is 11.4 Å². The maximum Gasteiger partial charge on any atom is 0.241 e. The molecule has 0 aliphatic carbocycles. The van der Waals surface area contributed by atoms with Gasteiger partial charge < -0.3 is 4.90 Å². The maximum atomic E-state index is 12.5. The van der Waals surface area contributed by atoms with E-state index < -0.39 is 10.0 Å². The molecule has 0 atom stereocenters. The van der Waals surface area contributed by atoms with Crippen molar-refractivity contribution in [2.45, 2.75) is 38.1 Å². The molecule has 24 heavy (non-hydrogen) atoms. The topological polar surface area (TPSA) is 75.2 Å². The van der Waals surface area contributed by atoms with Gasteiger partial charge in [-0.1, -0.05) is 12.1 Å². The molecule has 0 bridgehead atoms. The highest BCUT2D eigenvalue weighted by atomic mass is 32.2. The van der Waals surface area contributed by atoms with Crippen molar-refractivity contribution in [3.05, 3.63) is 47.4 Å². The van der Waals surface area contributed by atoms with E-state index in [0.717, 1.165) is 30.0 Å². The first-order chi connectivity index (χ1) is 11.5. The molecular formula is C17H22N4O2S. The summed E-state index contributed by atoms with van der Waals surface area (Å²) in [6, 6.07) is 7.26. The van der Waals surface area contributed by atoms with E-state index in [1.807, 2.05) is 25.1 Å². The number of aromatic nitrogens is 2. The van der Waals surface area contributed by atoms with Gasteiger partial charge in [-0.05, 0) is 49.9 Å². The van der Waals surface area contributed by atoms with E-state index in [1.165, 1.54) is 12.8 Å². The van der Waals surface area contributed by atoms with E-state index in [2.05, 4.69) is 19.6 Å². The molecule has 1 aromatic heterocycles. The minimum absolute atomic E-state index is 0.0807. The van der Waals surface area contributed by atoms with Gasteiger partial charge in [0.1, 0.15) is 11.6 Å². The molecule has 1 aliphatic heterocycles. The van der Waals surface area contributed by atoms with Crippen LogP contribution in [0.1, 0.15) is 29.8 Å². The lowest BCUT2D eigenvalue weighted by Crippen LogP contribution is -2.26. The summed E-state index contributed by atoms with van der Waals surface area (Å²) in [5, 5.41) is 0. The lowest BCUT2D eigenvalue weighted by Gasteiger charge is -2.16. The van der Waals surface area contributed by atoms with E-state index >= 15 is 0 Å². The Kier molecular flexibility index (Phi) is 4.82. The van der Waals surface area contributed by atoms with Crippen LogP contribution in [-0.2, 0) is 16.6 Å². The van der Waals surface area contributed by atoms with Gasteiger partial charge >= 0.3 is 0 Å². The fourth-order valence-corrected chi connectivity index (χ4v) is 4.14. The Morgan fingerprint density at radius 1 is 1.17 bits per heavy atom. The number of rotatable bonds is 5. The molecule has 0 amide bonds. The van der Waals surface area contributed by atoms with Gasteiger partial charge in [0.15, 0.2) is 0 Å². The lowest BCUT2D eigenvalue weighted by atomic mass is 10.2. The Bertz CT molecular complexity index is 830. The lowest BCUT2D eigenvalue weighted by molar-refractivity contribution is 0.578. The number of anilines is 1. The van der Waals surface area contributed by atoms with Gasteiger partial charge in [-0.2, -0.15) is 0 Å². The van der Waals surface area contributed by atoms with Gasteiger partial charge in [0.2, 0.25) is 10.0 Å². The van der Waals surface area contributed by atoms with E-state index in [-0.39, 0.29) is 6.54 Å². The summed E-state index contributed by atoms with van der Waals surface area (Å²) in [4.78, 5) is 11.2. The van der Waals surface area contributed by atoms with E-state index in [9.17, 15) is 8.42 Å². The van der Waals surface area contributed by atoms with Gasteiger partial charge in [-0.15, -0.1) is 0 Å². The van der Waals surface area contributed by atoms with Gasteiger partial charge in [0, 0.05) is 19.3 Å². The van der Waals surface area contributed by atoms with Crippen LogP contribution < -0.4 is 9.62 Å². The van der Waals surface area contributed by atoms with Crippen molar-refractivity contribution in [1.29, 1.82) is 0 Å². The number of sulfonamides is 1. The fourth-order valence-electron chi connectivity index (χ4n) is 2.83. The molecule has 128 valence electrons. The molecule has 2 heterocycles. The fraction of sp³-hybridized carbons (Fsp3) is 0.412. The molecule has 0 saturated carbocycles. The van der Waals surface area contributed by atoms with Crippen LogP contribution in [0.3, 0.4) is 0 Å². The zero-order valence-electron chi connectivity index (χ0n) is 14.0. The van der Waals surface area contributed by atoms with Crippen LogP contribution in [0.5, 0.6) is 0 Å². The normalized spacial score (nSPS) is 15.0. The summed E-state index contributed by atoms with van der Waals surface area (Å²) < 4.78 is 27.7. The second kappa shape index (κ2) is 6.86. The third-order valence-corrected chi connectivity index (χ3v) is 5.72. The second-order valence-corrected chi connectivity index (χ2v) is 7.85. The molecule has 1 aliphatic rings. The third kappa shape index (κ3) is 3.73. The summed E-state index contributed by atoms with van der Waals surface area (Å²) in [5.74, 6) is 1.34. The number of aryl methyl sites for hydroxylation is 2. The summed E-state index contributed by atoms with van der Waals surface area (Å²) >= 11 is 0. The summed E-state index contributed by atoms with van der Waals surface area (Å²) in [5.41, 5.74) is 1.63. The van der Waals surface area contributed by atoms with Crippen molar-refractivity contribution < 1.29 is 8.42 Å². The van der Waals surface area contributed by atoms with Crippen molar-refractivity contribution in [2.75, 3.05) is 18.0 Å². The van der Waals surface area contributed by atoms with Crippen molar-refractivity contribution in [1.82, 2.24) is 14.7 Å². The molecule has 1 N–H and O–H groups in total. The predicted molar refractivity (Wildman–Crippen MR) is 93.4 cm³/mol. The molecule has 1 aromatic carbocycles. The molecule has 6 nitrogen and oxygen atoms in total. The molecule has 0 unspecified atom stereocenters. The molecule has 1 fully saturated rings. The average Bonchev–Trinajstić information content (AvgIpc) is 3.10. The predicted octanol–water partition coefficient (Wildman–Crippen LogP) is 2.17. The standard InChI is InChI=1S/C17H22N4O2S/c1-13-5-6-14(2)15(11-13)24(22,23)19-12-16-18-8-7-17(20-16)21-9-3-4-10-21/h5-8,11,19H,3-4,9-10,12H2,1-2H3. The van der Waals surface area contributed by atoms with Crippen molar-refractivity contribution >= 4 is 15.8 Å². The average molecular weight is 346 g/mol. The van der Waals surface area contributed by atoms with E-state index in [0.29, 0.717) is 10.7 Å². The van der Waals surface area contributed by atoms with Crippen molar-refractivity contribution in [3.8, 4) is 0 Å². The van der Waals surface area contributed by atoms with E-state index in [4.69, 9.17) is 0 Å². The van der Waals surface area contributed by atoms with Crippen LogP contribution in [0.2, 0.25) is 0 Å². The number of nitrogens with zero attached hydrogens (tertiary/aromatic N) is 3. The first-order valence-corrected chi connectivity index (χ1v) is 9.58. The third-order valence-electron chi connectivity index (χ3n) is 4.17. The monoisotopic (exact) mass is 346 g/mol. The van der Waals surface area contributed by atoms with Gasteiger partial charge in [-0.25, -0.2) is 23.1 Å². The smallest absolute Gasteiger partial charge is 0.241 e. The summed E-state index contributed by atoms with van der Waals surface area (Å²) in [6.07, 6.45) is 4.01. The number of benzene rings is 1. The SMILES string of the molecule is Cc1ccc(C)c(S(=O)(=O)NCc2nccc(N3CCCC3)n2)c1. The quantitative estimate of drug-likeness (QED) is 0.898. The Labute approximate surface area is 143 Å². The molecule has 0 radical (unpaired) electrons. The van der Waals surface area contributed by atoms with E-state index in [1.54, 1.807) is 19.2 Å². The maximum absolute atomic E-state index is 12.5.